The Bertz CT molecular complexity index is 953. The monoisotopic (exact) mass is 395 g/mol. The fourth-order valence-corrected chi connectivity index (χ4v) is 4.32. The first-order valence-corrected chi connectivity index (χ1v) is 10.3. The van der Waals surface area contributed by atoms with Crippen LogP contribution in [-0.4, -0.2) is 27.2 Å². The second-order valence-corrected chi connectivity index (χ2v) is 7.70. The number of nitro benzene ring substituents is 1. The molecule has 2 aromatic carbocycles. The Hall–Kier alpha value is -2.64. The highest BCUT2D eigenvalue weighted by Gasteiger charge is 2.20. The molecule has 1 saturated heterocycles. The first-order valence-electron chi connectivity index (χ1n) is 9.29. The summed E-state index contributed by atoms with van der Waals surface area (Å²) in [6, 6.07) is 17.0. The molecule has 0 aliphatic carbocycles. The van der Waals surface area contributed by atoms with Crippen molar-refractivity contribution in [3.63, 3.8) is 0 Å². The molecular weight excluding hydrogens is 374 g/mol. The number of imidazole rings is 1. The molecule has 1 aromatic heterocycles. The van der Waals surface area contributed by atoms with Crippen molar-refractivity contribution in [1.82, 2.24) is 9.55 Å². The Morgan fingerprint density at radius 3 is 2.82 bits per heavy atom. The number of nitrogens with zero attached hydrogens (tertiary/aromatic N) is 3. The molecule has 4 rings (SSSR count). The van der Waals surface area contributed by atoms with Gasteiger partial charge >= 0.3 is 0 Å². The Morgan fingerprint density at radius 2 is 2.07 bits per heavy atom. The first kappa shape index (κ1) is 18.7. The van der Waals surface area contributed by atoms with Crippen LogP contribution >= 0.6 is 11.8 Å². The lowest BCUT2D eigenvalue weighted by atomic mass is 10.1. The van der Waals surface area contributed by atoms with Crippen molar-refractivity contribution >= 4 is 17.4 Å². The van der Waals surface area contributed by atoms with Gasteiger partial charge in [-0.2, -0.15) is 0 Å². The van der Waals surface area contributed by atoms with Gasteiger partial charge in [-0.3, -0.25) is 10.1 Å². The summed E-state index contributed by atoms with van der Waals surface area (Å²) in [5.74, 6) is 0.623. The smallest absolute Gasteiger partial charge is 0.269 e. The van der Waals surface area contributed by atoms with Crippen molar-refractivity contribution in [2.24, 2.45) is 0 Å². The van der Waals surface area contributed by atoms with Crippen molar-refractivity contribution in [3.8, 4) is 11.3 Å². The summed E-state index contributed by atoms with van der Waals surface area (Å²) in [5.41, 5.74) is 3.21. The minimum Gasteiger partial charge on any atom is -0.376 e. The second kappa shape index (κ2) is 8.58. The van der Waals surface area contributed by atoms with Crippen LogP contribution in [-0.2, 0) is 17.0 Å². The van der Waals surface area contributed by atoms with Crippen molar-refractivity contribution in [1.29, 1.82) is 0 Å². The molecule has 0 radical (unpaired) electrons. The zero-order valence-corrected chi connectivity index (χ0v) is 16.2. The number of non-ortho nitro benzene ring substituents is 1. The van der Waals surface area contributed by atoms with Gasteiger partial charge in [0.15, 0.2) is 5.16 Å². The molecule has 1 atom stereocenters. The van der Waals surface area contributed by atoms with E-state index in [0.29, 0.717) is 5.75 Å². The third-order valence-electron chi connectivity index (χ3n) is 4.79. The van der Waals surface area contributed by atoms with Crippen LogP contribution in [0.3, 0.4) is 0 Å². The molecular formula is C21H21N3O3S. The number of hydrogen-bond donors (Lipinski definition) is 0. The minimum atomic E-state index is -0.361. The fourth-order valence-electron chi connectivity index (χ4n) is 3.39. The lowest BCUT2D eigenvalue weighted by Crippen LogP contribution is -2.16. The molecule has 0 N–H and O–H groups in total. The largest absolute Gasteiger partial charge is 0.376 e. The van der Waals surface area contributed by atoms with Gasteiger partial charge in [-0.05, 0) is 24.0 Å². The molecule has 2 heterocycles. The zero-order chi connectivity index (χ0) is 19.3. The van der Waals surface area contributed by atoms with Crippen LogP contribution in [0.15, 0.2) is 66.0 Å². The number of ether oxygens (including phenoxy) is 1. The summed E-state index contributed by atoms with van der Waals surface area (Å²) in [6.07, 6.45) is 4.26. The fraction of sp³-hybridized carbons (Fsp3) is 0.286. The Balaban J connectivity index is 1.58. The topological polar surface area (TPSA) is 70.2 Å². The molecule has 0 bridgehead atoms. The average Bonchev–Trinajstić information content (AvgIpc) is 3.38. The van der Waals surface area contributed by atoms with Gasteiger partial charge in [-0.1, -0.05) is 54.2 Å². The standard InChI is InChI=1S/C21H21N3O3S/c25-24(26)18-9-4-6-16(12-18)15-28-21-22-13-20(17-7-2-1-3-8-17)23(21)14-19-10-5-11-27-19/h1-4,6-9,12-13,19H,5,10-11,14-15H2. The summed E-state index contributed by atoms with van der Waals surface area (Å²) in [4.78, 5) is 15.3. The molecule has 28 heavy (non-hydrogen) atoms. The van der Waals surface area contributed by atoms with Gasteiger partial charge in [-0.25, -0.2) is 4.98 Å². The summed E-state index contributed by atoms with van der Waals surface area (Å²) in [7, 11) is 0. The molecule has 6 nitrogen and oxygen atoms in total. The average molecular weight is 395 g/mol. The van der Waals surface area contributed by atoms with Crippen LogP contribution in [0.25, 0.3) is 11.3 Å². The van der Waals surface area contributed by atoms with Gasteiger partial charge in [0.25, 0.3) is 5.69 Å². The minimum absolute atomic E-state index is 0.116. The number of nitro groups is 1. The Labute approximate surface area is 167 Å². The SMILES string of the molecule is O=[N+]([O-])c1cccc(CSc2ncc(-c3ccccc3)n2CC2CCCO2)c1. The highest BCUT2D eigenvalue weighted by molar-refractivity contribution is 7.98. The lowest BCUT2D eigenvalue weighted by molar-refractivity contribution is -0.384. The summed E-state index contributed by atoms with van der Waals surface area (Å²) >= 11 is 1.59. The Kier molecular flexibility index (Phi) is 5.73. The van der Waals surface area contributed by atoms with Crippen LogP contribution in [0.4, 0.5) is 5.69 Å². The lowest BCUT2D eigenvalue weighted by Gasteiger charge is -2.16. The maximum Gasteiger partial charge on any atom is 0.269 e. The van der Waals surface area contributed by atoms with Gasteiger partial charge in [-0.15, -0.1) is 0 Å². The van der Waals surface area contributed by atoms with E-state index in [4.69, 9.17) is 4.74 Å². The van der Waals surface area contributed by atoms with E-state index in [1.807, 2.05) is 30.5 Å². The van der Waals surface area contributed by atoms with Crippen LogP contribution in [0.5, 0.6) is 0 Å². The first-order chi connectivity index (χ1) is 13.7. The highest BCUT2D eigenvalue weighted by Crippen LogP contribution is 2.30. The van der Waals surface area contributed by atoms with Crippen molar-refractivity contribution < 1.29 is 9.66 Å². The van der Waals surface area contributed by atoms with E-state index in [9.17, 15) is 10.1 Å². The molecule has 0 saturated carbocycles. The van der Waals surface area contributed by atoms with E-state index in [0.717, 1.165) is 48.0 Å². The molecule has 0 amide bonds. The predicted octanol–water partition coefficient (Wildman–Crippen LogP) is 4.93. The molecule has 144 valence electrons. The van der Waals surface area contributed by atoms with E-state index in [2.05, 4.69) is 21.7 Å². The number of aromatic nitrogens is 2. The quantitative estimate of drug-likeness (QED) is 0.322. The van der Waals surface area contributed by atoms with E-state index in [1.54, 1.807) is 23.9 Å². The number of benzene rings is 2. The molecule has 7 heteroatoms. The number of hydrogen-bond acceptors (Lipinski definition) is 5. The Morgan fingerprint density at radius 1 is 1.21 bits per heavy atom. The maximum atomic E-state index is 11.0. The van der Waals surface area contributed by atoms with Gasteiger partial charge in [0.2, 0.25) is 0 Å². The predicted molar refractivity (Wildman–Crippen MR) is 109 cm³/mol. The summed E-state index contributed by atoms with van der Waals surface area (Å²) in [6.45, 7) is 1.58. The maximum absolute atomic E-state index is 11.0. The number of rotatable bonds is 7. The van der Waals surface area contributed by atoms with Gasteiger partial charge in [0.1, 0.15) is 0 Å². The van der Waals surface area contributed by atoms with Crippen molar-refractivity contribution in [2.45, 2.75) is 36.4 Å². The van der Waals surface area contributed by atoms with Crippen molar-refractivity contribution in [2.75, 3.05) is 6.61 Å². The normalized spacial score (nSPS) is 16.4. The van der Waals surface area contributed by atoms with E-state index in [1.165, 1.54) is 6.07 Å². The second-order valence-electron chi connectivity index (χ2n) is 6.75. The highest BCUT2D eigenvalue weighted by atomic mass is 32.2. The molecule has 0 spiro atoms. The van der Waals surface area contributed by atoms with E-state index >= 15 is 0 Å². The molecule has 3 aromatic rings. The van der Waals surface area contributed by atoms with E-state index in [-0.39, 0.29) is 16.7 Å². The third kappa shape index (κ3) is 4.26. The van der Waals surface area contributed by atoms with Crippen LogP contribution < -0.4 is 0 Å². The van der Waals surface area contributed by atoms with E-state index < -0.39 is 0 Å². The van der Waals surface area contributed by atoms with Crippen LogP contribution in [0.1, 0.15) is 18.4 Å². The summed E-state index contributed by atoms with van der Waals surface area (Å²) in [5, 5.41) is 11.9. The van der Waals surface area contributed by atoms with Crippen LogP contribution in [0.2, 0.25) is 0 Å². The van der Waals surface area contributed by atoms with Gasteiger partial charge in [0, 0.05) is 24.5 Å². The van der Waals surface area contributed by atoms with Crippen molar-refractivity contribution in [3.05, 3.63) is 76.5 Å². The number of thioether (sulfide) groups is 1. The van der Waals surface area contributed by atoms with Gasteiger partial charge in [0.05, 0.1) is 29.5 Å². The molecule has 1 aliphatic heterocycles. The van der Waals surface area contributed by atoms with Gasteiger partial charge < -0.3 is 9.30 Å². The van der Waals surface area contributed by atoms with Crippen LogP contribution in [0, 0.1) is 10.1 Å². The third-order valence-corrected chi connectivity index (χ3v) is 5.85. The molecule has 1 fully saturated rings. The zero-order valence-electron chi connectivity index (χ0n) is 15.4. The summed E-state index contributed by atoms with van der Waals surface area (Å²) < 4.78 is 8.06. The molecule has 1 aliphatic rings. The molecule has 1 unspecified atom stereocenters.